The maximum atomic E-state index is 12.3. The van der Waals surface area contributed by atoms with Crippen LogP contribution in [0.25, 0.3) is 16.7 Å². The zero-order valence-electron chi connectivity index (χ0n) is 14.8. The molecule has 4 aromatic rings. The SMILES string of the molecule is Cc1nc2cc(NC(=O)Cn3ccccc3=O)ccc2n1-c1ccccc1. The van der Waals surface area contributed by atoms with E-state index in [0.717, 1.165) is 22.5 Å². The second-order valence-corrected chi connectivity index (χ2v) is 6.25. The van der Waals surface area contributed by atoms with Crippen LogP contribution in [0.15, 0.2) is 77.7 Å². The Labute approximate surface area is 155 Å². The Morgan fingerprint density at radius 2 is 1.81 bits per heavy atom. The van der Waals surface area contributed by atoms with Crippen LogP contribution in [0.1, 0.15) is 5.82 Å². The van der Waals surface area contributed by atoms with Gasteiger partial charge in [-0.05, 0) is 43.3 Å². The minimum absolute atomic E-state index is 0.0325. The van der Waals surface area contributed by atoms with Crippen LogP contribution in [0.4, 0.5) is 5.69 Å². The molecule has 27 heavy (non-hydrogen) atoms. The Balaban J connectivity index is 1.60. The van der Waals surface area contributed by atoms with Gasteiger partial charge in [0.25, 0.3) is 5.56 Å². The number of anilines is 1. The first-order valence-corrected chi connectivity index (χ1v) is 8.62. The number of benzene rings is 2. The van der Waals surface area contributed by atoms with Crippen LogP contribution in [0, 0.1) is 6.92 Å². The fraction of sp³-hybridized carbons (Fsp3) is 0.0952. The zero-order chi connectivity index (χ0) is 18.8. The fourth-order valence-corrected chi connectivity index (χ4v) is 3.13. The maximum absolute atomic E-state index is 12.3. The number of fused-ring (bicyclic) bond motifs is 1. The summed E-state index contributed by atoms with van der Waals surface area (Å²) in [6, 6.07) is 20.4. The van der Waals surface area contributed by atoms with Gasteiger partial charge < -0.3 is 9.88 Å². The van der Waals surface area contributed by atoms with Gasteiger partial charge in [-0.3, -0.25) is 14.2 Å². The lowest BCUT2D eigenvalue weighted by molar-refractivity contribution is -0.116. The van der Waals surface area contributed by atoms with Gasteiger partial charge in [0.15, 0.2) is 0 Å². The second-order valence-electron chi connectivity index (χ2n) is 6.25. The van der Waals surface area contributed by atoms with Crippen molar-refractivity contribution in [1.82, 2.24) is 14.1 Å². The Kier molecular flexibility index (Phi) is 4.30. The van der Waals surface area contributed by atoms with E-state index in [1.54, 1.807) is 18.3 Å². The van der Waals surface area contributed by atoms with Gasteiger partial charge in [-0.1, -0.05) is 24.3 Å². The van der Waals surface area contributed by atoms with Crippen molar-refractivity contribution in [3.63, 3.8) is 0 Å². The van der Waals surface area contributed by atoms with Crippen molar-refractivity contribution in [2.45, 2.75) is 13.5 Å². The average molecular weight is 358 g/mol. The van der Waals surface area contributed by atoms with Gasteiger partial charge in [-0.25, -0.2) is 4.98 Å². The molecule has 0 bridgehead atoms. The van der Waals surface area contributed by atoms with Crippen molar-refractivity contribution in [2.24, 2.45) is 0 Å². The van der Waals surface area contributed by atoms with Gasteiger partial charge in [0.05, 0.1) is 11.0 Å². The third-order valence-corrected chi connectivity index (χ3v) is 4.33. The van der Waals surface area contributed by atoms with E-state index in [9.17, 15) is 9.59 Å². The Morgan fingerprint density at radius 1 is 1.04 bits per heavy atom. The van der Waals surface area contributed by atoms with E-state index in [1.807, 2.05) is 55.5 Å². The van der Waals surface area contributed by atoms with Gasteiger partial charge in [-0.15, -0.1) is 0 Å². The van der Waals surface area contributed by atoms with Crippen molar-refractivity contribution in [1.29, 1.82) is 0 Å². The number of aryl methyl sites for hydroxylation is 1. The highest BCUT2D eigenvalue weighted by molar-refractivity contribution is 5.93. The van der Waals surface area contributed by atoms with Gasteiger partial charge >= 0.3 is 0 Å². The number of carbonyl (C=O) groups excluding carboxylic acids is 1. The highest BCUT2D eigenvalue weighted by Gasteiger charge is 2.11. The molecule has 1 N–H and O–H groups in total. The number of nitrogens with one attached hydrogen (secondary N) is 1. The van der Waals surface area contributed by atoms with Crippen molar-refractivity contribution in [3.8, 4) is 5.69 Å². The van der Waals surface area contributed by atoms with E-state index in [1.165, 1.54) is 10.6 Å². The minimum atomic E-state index is -0.262. The summed E-state index contributed by atoms with van der Waals surface area (Å²) in [7, 11) is 0. The van der Waals surface area contributed by atoms with Crippen LogP contribution in [0.3, 0.4) is 0 Å². The van der Waals surface area contributed by atoms with E-state index >= 15 is 0 Å². The van der Waals surface area contributed by atoms with Crippen molar-refractivity contribution < 1.29 is 4.79 Å². The third-order valence-electron chi connectivity index (χ3n) is 4.33. The molecule has 1 amide bonds. The lowest BCUT2D eigenvalue weighted by atomic mass is 10.2. The van der Waals surface area contributed by atoms with Gasteiger partial charge in [0, 0.05) is 23.6 Å². The predicted octanol–water partition coefficient (Wildman–Crippen LogP) is 3.13. The smallest absolute Gasteiger partial charge is 0.250 e. The summed E-state index contributed by atoms with van der Waals surface area (Å²) in [5, 5.41) is 2.83. The largest absolute Gasteiger partial charge is 0.324 e. The number of carbonyl (C=O) groups is 1. The number of hydrogen-bond acceptors (Lipinski definition) is 3. The van der Waals surface area contributed by atoms with E-state index < -0.39 is 0 Å². The summed E-state index contributed by atoms with van der Waals surface area (Å²) in [5.74, 6) is 0.609. The van der Waals surface area contributed by atoms with Crippen LogP contribution in [0.2, 0.25) is 0 Å². The number of pyridine rings is 1. The molecule has 2 heterocycles. The third kappa shape index (κ3) is 3.37. The first-order chi connectivity index (χ1) is 13.1. The molecular weight excluding hydrogens is 340 g/mol. The van der Waals surface area contributed by atoms with Gasteiger partial charge in [0.2, 0.25) is 5.91 Å². The molecule has 0 aliphatic carbocycles. The molecular formula is C21H18N4O2. The summed E-state index contributed by atoms with van der Waals surface area (Å²) in [5.41, 5.74) is 3.24. The highest BCUT2D eigenvalue weighted by atomic mass is 16.2. The quantitative estimate of drug-likeness (QED) is 0.609. The minimum Gasteiger partial charge on any atom is -0.324 e. The molecule has 134 valence electrons. The normalized spacial score (nSPS) is 10.9. The van der Waals surface area contributed by atoms with E-state index in [4.69, 9.17) is 0 Å². The van der Waals surface area contributed by atoms with Crippen LogP contribution >= 0.6 is 0 Å². The van der Waals surface area contributed by atoms with Crippen molar-refractivity contribution >= 4 is 22.6 Å². The Bertz CT molecular complexity index is 1180. The number of aromatic nitrogens is 3. The molecule has 0 unspecified atom stereocenters. The molecule has 2 aromatic carbocycles. The fourth-order valence-electron chi connectivity index (χ4n) is 3.13. The van der Waals surface area contributed by atoms with Crippen LogP contribution in [0.5, 0.6) is 0 Å². The predicted molar refractivity (Wildman–Crippen MR) is 105 cm³/mol. The van der Waals surface area contributed by atoms with Gasteiger partial charge in [-0.2, -0.15) is 0 Å². The zero-order valence-corrected chi connectivity index (χ0v) is 14.8. The van der Waals surface area contributed by atoms with Crippen LogP contribution in [-0.2, 0) is 11.3 Å². The molecule has 6 heteroatoms. The first-order valence-electron chi connectivity index (χ1n) is 8.62. The van der Waals surface area contributed by atoms with Gasteiger partial charge in [0.1, 0.15) is 12.4 Å². The Hall–Kier alpha value is -3.67. The number of hydrogen-bond donors (Lipinski definition) is 1. The highest BCUT2D eigenvalue weighted by Crippen LogP contribution is 2.24. The molecule has 0 atom stereocenters. The number of imidazole rings is 1. The molecule has 0 aliphatic rings. The number of para-hydroxylation sites is 1. The molecule has 6 nitrogen and oxygen atoms in total. The standard InChI is InChI=1S/C21H18N4O2/c1-15-22-18-13-16(23-20(26)14-24-12-6-5-9-21(24)27)10-11-19(18)25(15)17-7-3-2-4-8-17/h2-13H,14H2,1H3,(H,23,26). The van der Waals surface area contributed by atoms with Crippen LogP contribution < -0.4 is 10.9 Å². The van der Waals surface area contributed by atoms with Crippen molar-refractivity contribution in [2.75, 3.05) is 5.32 Å². The number of nitrogens with zero attached hydrogens (tertiary/aromatic N) is 3. The van der Waals surface area contributed by atoms with E-state index in [0.29, 0.717) is 5.69 Å². The molecule has 0 radical (unpaired) electrons. The second kappa shape index (κ2) is 6.92. The lowest BCUT2D eigenvalue weighted by Crippen LogP contribution is -2.26. The van der Waals surface area contributed by atoms with Crippen molar-refractivity contribution in [3.05, 3.63) is 89.1 Å². The molecule has 0 spiro atoms. The molecule has 2 aromatic heterocycles. The summed E-state index contributed by atoms with van der Waals surface area (Å²) in [6.07, 6.45) is 1.59. The summed E-state index contributed by atoms with van der Waals surface area (Å²) in [6.45, 7) is 1.92. The summed E-state index contributed by atoms with van der Waals surface area (Å²) >= 11 is 0. The summed E-state index contributed by atoms with van der Waals surface area (Å²) < 4.78 is 3.44. The molecule has 0 aliphatic heterocycles. The molecule has 0 fully saturated rings. The first kappa shape index (κ1) is 16.8. The number of amides is 1. The summed E-state index contributed by atoms with van der Waals surface area (Å²) in [4.78, 5) is 28.6. The van der Waals surface area contributed by atoms with Crippen LogP contribution in [-0.4, -0.2) is 20.0 Å². The van der Waals surface area contributed by atoms with E-state index in [2.05, 4.69) is 14.9 Å². The number of rotatable bonds is 4. The topological polar surface area (TPSA) is 68.9 Å². The molecule has 4 rings (SSSR count). The Morgan fingerprint density at radius 3 is 2.59 bits per heavy atom. The molecule has 0 saturated heterocycles. The molecule has 0 saturated carbocycles. The lowest BCUT2D eigenvalue weighted by Gasteiger charge is -2.08. The average Bonchev–Trinajstić information content (AvgIpc) is 2.99. The maximum Gasteiger partial charge on any atom is 0.250 e. The monoisotopic (exact) mass is 358 g/mol. The van der Waals surface area contributed by atoms with E-state index in [-0.39, 0.29) is 18.0 Å².